The van der Waals surface area contributed by atoms with Crippen LogP contribution in [0.2, 0.25) is 10.0 Å². The highest BCUT2D eigenvalue weighted by molar-refractivity contribution is 6.42. The van der Waals surface area contributed by atoms with Crippen LogP contribution in [-0.4, -0.2) is 39.7 Å². The Hall–Kier alpha value is -3.81. The van der Waals surface area contributed by atoms with Crippen LogP contribution in [0.4, 0.5) is 16.3 Å². The number of hydrogen-bond acceptors (Lipinski definition) is 3. The van der Waals surface area contributed by atoms with E-state index in [1.54, 1.807) is 28.9 Å². The number of urea groups is 1. The Morgan fingerprint density at radius 1 is 0.897 bits per heavy atom. The number of carbonyl (C=O) groups is 2. The Bertz CT molecular complexity index is 1470. The van der Waals surface area contributed by atoms with Crippen LogP contribution in [0.15, 0.2) is 72.8 Å². The monoisotopic (exact) mass is 563 g/mol. The van der Waals surface area contributed by atoms with E-state index in [4.69, 9.17) is 28.3 Å². The number of aryl methyl sites for hydroxylation is 2. The molecule has 9 heteroatoms. The summed E-state index contributed by atoms with van der Waals surface area (Å²) >= 11 is 12.4. The van der Waals surface area contributed by atoms with Gasteiger partial charge in [0.05, 0.1) is 21.4 Å². The largest absolute Gasteiger partial charge is 0.322 e. The molecule has 0 aliphatic heterocycles. The smallest absolute Gasteiger partial charge is 0.315 e. The lowest BCUT2D eigenvalue weighted by atomic mass is 10.1. The average Bonchev–Trinajstić information content (AvgIpc) is 3.34. The number of halogens is 2. The van der Waals surface area contributed by atoms with E-state index in [1.807, 2.05) is 69.3 Å². The van der Waals surface area contributed by atoms with E-state index in [9.17, 15) is 9.59 Å². The van der Waals surface area contributed by atoms with Crippen molar-refractivity contribution in [2.24, 2.45) is 0 Å². The molecule has 1 heterocycles. The normalized spacial score (nSPS) is 10.8. The molecule has 1 aromatic heterocycles. The molecule has 0 bridgehead atoms. The minimum atomic E-state index is -0.345. The predicted octanol–water partition coefficient (Wildman–Crippen LogP) is 7.74. The van der Waals surface area contributed by atoms with E-state index < -0.39 is 0 Å². The van der Waals surface area contributed by atoms with Crippen LogP contribution in [0, 0.1) is 13.8 Å². The van der Waals surface area contributed by atoms with Crippen molar-refractivity contribution < 1.29 is 9.59 Å². The molecular formula is C30H31Cl2N5O2. The summed E-state index contributed by atoms with van der Waals surface area (Å²) in [6.07, 6.45) is 1.66. The van der Waals surface area contributed by atoms with Crippen molar-refractivity contribution in [2.75, 3.05) is 23.7 Å². The Morgan fingerprint density at radius 2 is 1.67 bits per heavy atom. The summed E-state index contributed by atoms with van der Waals surface area (Å²) in [6, 6.07) is 22.0. The number of anilines is 2. The average molecular weight is 565 g/mol. The van der Waals surface area contributed by atoms with Gasteiger partial charge in [0, 0.05) is 23.9 Å². The summed E-state index contributed by atoms with van der Waals surface area (Å²) in [7, 11) is 0. The van der Waals surface area contributed by atoms with Gasteiger partial charge in [-0.2, -0.15) is 5.10 Å². The molecule has 0 spiro atoms. The molecule has 3 amide bonds. The maximum absolute atomic E-state index is 13.3. The molecule has 0 aliphatic rings. The third-order valence-corrected chi connectivity index (χ3v) is 7.09. The molecule has 0 saturated heterocycles. The first-order valence-electron chi connectivity index (χ1n) is 12.8. The van der Waals surface area contributed by atoms with Gasteiger partial charge in [0.1, 0.15) is 12.4 Å². The van der Waals surface area contributed by atoms with Gasteiger partial charge < -0.3 is 15.5 Å². The van der Waals surface area contributed by atoms with Gasteiger partial charge in [-0.3, -0.25) is 4.79 Å². The van der Waals surface area contributed by atoms with Crippen molar-refractivity contribution in [3.05, 3.63) is 94.0 Å². The van der Waals surface area contributed by atoms with Gasteiger partial charge in [-0.05, 0) is 61.7 Å². The zero-order valence-corrected chi connectivity index (χ0v) is 23.7. The van der Waals surface area contributed by atoms with E-state index in [1.165, 1.54) is 4.90 Å². The second-order valence-corrected chi connectivity index (χ2v) is 10.2. The maximum atomic E-state index is 13.3. The zero-order valence-electron chi connectivity index (χ0n) is 22.2. The lowest BCUT2D eigenvalue weighted by molar-refractivity contribution is -0.116. The first-order chi connectivity index (χ1) is 18.7. The Morgan fingerprint density at radius 3 is 2.36 bits per heavy atom. The topological polar surface area (TPSA) is 79.3 Å². The van der Waals surface area contributed by atoms with Gasteiger partial charge in [0.15, 0.2) is 0 Å². The van der Waals surface area contributed by atoms with E-state index in [2.05, 4.69) is 10.6 Å². The van der Waals surface area contributed by atoms with Gasteiger partial charge in [-0.1, -0.05) is 72.9 Å². The third kappa shape index (κ3) is 7.19. The van der Waals surface area contributed by atoms with E-state index in [0.717, 1.165) is 29.5 Å². The molecule has 0 unspecified atom stereocenters. The lowest BCUT2D eigenvalue weighted by Crippen LogP contribution is -2.41. The maximum Gasteiger partial charge on any atom is 0.322 e. The molecule has 39 heavy (non-hydrogen) atoms. The molecular weight excluding hydrogens is 533 g/mol. The van der Waals surface area contributed by atoms with Crippen molar-refractivity contribution in [3.8, 4) is 16.9 Å². The summed E-state index contributed by atoms with van der Waals surface area (Å²) in [5.41, 5.74) is 5.11. The first-order valence-corrected chi connectivity index (χ1v) is 13.5. The minimum absolute atomic E-state index is 0.121. The Kier molecular flexibility index (Phi) is 9.28. The summed E-state index contributed by atoms with van der Waals surface area (Å²) < 4.78 is 1.61. The highest BCUT2D eigenvalue weighted by Crippen LogP contribution is 2.29. The number of aromatic nitrogens is 2. The molecule has 0 atom stereocenters. The number of benzene rings is 3. The molecule has 7 nitrogen and oxygen atoms in total. The number of nitrogens with zero attached hydrogens (tertiary/aromatic N) is 3. The van der Waals surface area contributed by atoms with Crippen LogP contribution >= 0.6 is 23.2 Å². The Balaban J connectivity index is 1.57. The number of nitrogens with one attached hydrogen (secondary N) is 2. The van der Waals surface area contributed by atoms with Crippen LogP contribution in [0.3, 0.4) is 0 Å². The van der Waals surface area contributed by atoms with Crippen LogP contribution in [0.1, 0.15) is 30.9 Å². The van der Waals surface area contributed by atoms with Crippen molar-refractivity contribution in [1.82, 2.24) is 14.7 Å². The summed E-state index contributed by atoms with van der Waals surface area (Å²) in [4.78, 5) is 27.9. The molecule has 0 fully saturated rings. The van der Waals surface area contributed by atoms with E-state index in [0.29, 0.717) is 39.5 Å². The molecule has 4 rings (SSSR count). The van der Waals surface area contributed by atoms with Crippen molar-refractivity contribution in [2.45, 2.75) is 33.6 Å². The number of amides is 3. The molecule has 202 valence electrons. The van der Waals surface area contributed by atoms with E-state index in [-0.39, 0.29) is 18.5 Å². The molecule has 2 N–H and O–H groups in total. The van der Waals surface area contributed by atoms with Gasteiger partial charge in [-0.15, -0.1) is 0 Å². The van der Waals surface area contributed by atoms with Gasteiger partial charge in [-0.25, -0.2) is 9.48 Å². The standard InChI is InChI=1S/C30H31Cl2N5O2/c1-4-5-15-36(30(39)33-23-12-11-20(2)21(3)16-23)19-29(38)34-28-18-27(22-9-7-6-8-10-22)35-37(28)24-13-14-25(31)26(32)17-24/h6-14,16-18H,4-5,15,19H2,1-3H3,(H,33,39)(H,34,38). The van der Waals surface area contributed by atoms with Crippen LogP contribution in [-0.2, 0) is 4.79 Å². The molecule has 3 aromatic carbocycles. The first kappa shape index (κ1) is 28.2. The number of unbranched alkanes of at least 4 members (excludes halogenated alkanes) is 1. The van der Waals surface area contributed by atoms with E-state index >= 15 is 0 Å². The number of carbonyl (C=O) groups excluding carboxylic acids is 2. The van der Waals surface area contributed by atoms with Gasteiger partial charge in [0.25, 0.3) is 0 Å². The molecule has 0 radical (unpaired) electrons. The highest BCUT2D eigenvalue weighted by atomic mass is 35.5. The predicted molar refractivity (Wildman–Crippen MR) is 159 cm³/mol. The highest BCUT2D eigenvalue weighted by Gasteiger charge is 2.20. The van der Waals surface area contributed by atoms with Crippen molar-refractivity contribution >= 4 is 46.6 Å². The summed E-state index contributed by atoms with van der Waals surface area (Å²) in [6.45, 7) is 6.38. The fourth-order valence-corrected chi connectivity index (χ4v) is 4.30. The molecule has 0 saturated carbocycles. The van der Waals surface area contributed by atoms with Crippen LogP contribution in [0.5, 0.6) is 0 Å². The van der Waals surface area contributed by atoms with Crippen molar-refractivity contribution in [1.29, 1.82) is 0 Å². The SMILES string of the molecule is CCCCN(CC(=O)Nc1cc(-c2ccccc2)nn1-c1ccc(Cl)c(Cl)c1)C(=O)Nc1ccc(C)c(C)c1. The zero-order chi connectivity index (χ0) is 27.9. The quantitative estimate of drug-likeness (QED) is 0.218. The van der Waals surface area contributed by atoms with Crippen LogP contribution in [0.25, 0.3) is 16.9 Å². The van der Waals surface area contributed by atoms with Gasteiger partial charge in [0.2, 0.25) is 5.91 Å². The second-order valence-electron chi connectivity index (χ2n) is 9.34. The second kappa shape index (κ2) is 12.8. The molecule has 4 aromatic rings. The Labute approximate surface area is 238 Å². The summed E-state index contributed by atoms with van der Waals surface area (Å²) in [5, 5.41) is 11.4. The number of hydrogen-bond donors (Lipinski definition) is 2. The third-order valence-electron chi connectivity index (χ3n) is 6.36. The van der Waals surface area contributed by atoms with Crippen LogP contribution < -0.4 is 10.6 Å². The molecule has 0 aliphatic carbocycles. The minimum Gasteiger partial charge on any atom is -0.315 e. The lowest BCUT2D eigenvalue weighted by Gasteiger charge is -2.23. The van der Waals surface area contributed by atoms with Crippen molar-refractivity contribution in [3.63, 3.8) is 0 Å². The van der Waals surface area contributed by atoms with Gasteiger partial charge >= 0.3 is 6.03 Å². The summed E-state index contributed by atoms with van der Waals surface area (Å²) in [5.74, 6) is 0.101. The number of rotatable bonds is 9. The fraction of sp³-hybridized carbons (Fsp3) is 0.233. The fourth-order valence-electron chi connectivity index (χ4n) is 4.01.